The number of likely N-dealkylation sites (N-methyl/N-ethyl adjacent to an activating group) is 1. The smallest absolute Gasteiger partial charge is 0.163 e. The minimum absolute atomic E-state index is 0.342. The van der Waals surface area contributed by atoms with Crippen LogP contribution in [0.15, 0.2) is 18.2 Å². The number of aliphatic hydroxyl groups is 1. The van der Waals surface area contributed by atoms with E-state index in [1.165, 1.54) is 0 Å². The van der Waals surface area contributed by atoms with Gasteiger partial charge in [0.15, 0.2) is 11.5 Å². The highest BCUT2D eigenvalue weighted by Crippen LogP contribution is 2.33. The molecule has 1 unspecified atom stereocenters. The number of benzene rings is 1. The van der Waals surface area contributed by atoms with E-state index in [0.29, 0.717) is 19.8 Å². The molecular weight excluding hydrogens is 244 g/mol. The van der Waals surface area contributed by atoms with Crippen LogP contribution >= 0.6 is 0 Å². The Hall–Kier alpha value is -1.46. The van der Waals surface area contributed by atoms with Gasteiger partial charge in [0.05, 0.1) is 6.10 Å². The summed E-state index contributed by atoms with van der Waals surface area (Å²) in [5, 5.41) is 13.0. The molecule has 1 aromatic carbocycles. The molecule has 19 heavy (non-hydrogen) atoms. The molecule has 0 saturated carbocycles. The predicted octanol–water partition coefficient (Wildman–Crippen LogP) is 0.864. The molecule has 1 aliphatic heterocycles. The summed E-state index contributed by atoms with van der Waals surface area (Å²) in [7, 11) is 3.85. The van der Waals surface area contributed by atoms with Crippen molar-refractivity contribution >= 4 is 5.69 Å². The summed E-state index contributed by atoms with van der Waals surface area (Å²) in [6, 6.07) is 5.86. The van der Waals surface area contributed by atoms with Crippen LogP contribution in [0.4, 0.5) is 5.69 Å². The van der Waals surface area contributed by atoms with Crippen LogP contribution in [-0.4, -0.2) is 51.6 Å². The number of anilines is 1. The van der Waals surface area contributed by atoms with Gasteiger partial charge in [-0.1, -0.05) is 0 Å². The summed E-state index contributed by atoms with van der Waals surface area (Å²) in [6.45, 7) is 2.60. The maximum Gasteiger partial charge on any atom is 0.163 e. The van der Waals surface area contributed by atoms with Crippen molar-refractivity contribution in [2.75, 3.05) is 45.3 Å². The molecule has 1 heterocycles. The minimum atomic E-state index is -0.342. The topological polar surface area (TPSA) is 54.0 Å². The maximum atomic E-state index is 9.91. The van der Waals surface area contributed by atoms with Crippen molar-refractivity contribution in [2.24, 2.45) is 0 Å². The molecule has 1 atom stereocenters. The highest BCUT2D eigenvalue weighted by Gasteiger charge is 2.14. The average molecular weight is 266 g/mol. The van der Waals surface area contributed by atoms with Crippen molar-refractivity contribution in [1.29, 1.82) is 0 Å². The molecule has 1 aromatic rings. The summed E-state index contributed by atoms with van der Waals surface area (Å²) < 4.78 is 11.1. The summed E-state index contributed by atoms with van der Waals surface area (Å²) >= 11 is 0. The van der Waals surface area contributed by atoms with E-state index >= 15 is 0 Å². The molecule has 5 nitrogen and oxygen atoms in total. The lowest BCUT2D eigenvalue weighted by atomic mass is 10.2. The van der Waals surface area contributed by atoms with E-state index < -0.39 is 0 Å². The molecule has 5 heteroatoms. The van der Waals surface area contributed by atoms with Gasteiger partial charge < -0.3 is 24.8 Å². The summed E-state index contributed by atoms with van der Waals surface area (Å²) in [6.07, 6.45) is 0.399. The highest BCUT2D eigenvalue weighted by atomic mass is 16.6. The third-order valence-electron chi connectivity index (χ3n) is 3.18. The first kappa shape index (κ1) is 14.0. The summed E-state index contributed by atoms with van der Waals surface area (Å²) in [5.41, 5.74) is 1.02. The predicted molar refractivity (Wildman–Crippen MR) is 75.3 cm³/mol. The highest BCUT2D eigenvalue weighted by molar-refractivity contribution is 5.56. The van der Waals surface area contributed by atoms with Gasteiger partial charge in [0.2, 0.25) is 0 Å². The molecule has 0 fully saturated rings. The number of ether oxygens (including phenoxy) is 2. The SMILES string of the molecule is CNCCC(O)CN(C)c1ccc2c(c1)OCCO2. The Bertz CT molecular complexity index is 412. The van der Waals surface area contributed by atoms with Gasteiger partial charge in [-0.3, -0.25) is 0 Å². The van der Waals surface area contributed by atoms with Crippen molar-refractivity contribution in [3.05, 3.63) is 18.2 Å². The Kier molecular flexibility index (Phi) is 4.87. The number of hydrogen-bond acceptors (Lipinski definition) is 5. The number of fused-ring (bicyclic) bond motifs is 1. The van der Waals surface area contributed by atoms with E-state index in [4.69, 9.17) is 9.47 Å². The van der Waals surface area contributed by atoms with Crippen LogP contribution in [-0.2, 0) is 0 Å². The van der Waals surface area contributed by atoms with E-state index in [9.17, 15) is 5.11 Å². The molecule has 0 spiro atoms. The number of nitrogens with zero attached hydrogens (tertiary/aromatic N) is 1. The largest absolute Gasteiger partial charge is 0.486 e. The van der Waals surface area contributed by atoms with Crippen LogP contribution in [0.2, 0.25) is 0 Å². The van der Waals surface area contributed by atoms with Gasteiger partial charge in [0.1, 0.15) is 13.2 Å². The van der Waals surface area contributed by atoms with E-state index in [-0.39, 0.29) is 6.10 Å². The average Bonchev–Trinajstić information content (AvgIpc) is 2.44. The number of hydrogen-bond donors (Lipinski definition) is 2. The Morgan fingerprint density at radius 3 is 2.79 bits per heavy atom. The standard InChI is InChI=1S/C14H22N2O3/c1-15-6-5-12(17)10-16(2)11-3-4-13-14(9-11)19-8-7-18-13/h3-4,9,12,15,17H,5-8,10H2,1-2H3. The first-order valence-corrected chi connectivity index (χ1v) is 6.64. The summed E-state index contributed by atoms with van der Waals surface area (Å²) in [5.74, 6) is 1.57. The molecule has 1 aliphatic rings. The van der Waals surface area contributed by atoms with Gasteiger partial charge in [-0.2, -0.15) is 0 Å². The van der Waals surface area contributed by atoms with Gasteiger partial charge in [0, 0.05) is 25.3 Å². The second-order valence-corrected chi connectivity index (χ2v) is 4.75. The molecule has 0 saturated heterocycles. The molecule has 0 bridgehead atoms. The molecule has 0 radical (unpaired) electrons. The molecule has 106 valence electrons. The third kappa shape index (κ3) is 3.75. The fraction of sp³-hybridized carbons (Fsp3) is 0.571. The number of aliphatic hydroxyl groups excluding tert-OH is 1. The normalized spacial score (nSPS) is 15.1. The van der Waals surface area contributed by atoms with Gasteiger partial charge in [-0.05, 0) is 32.1 Å². The zero-order valence-corrected chi connectivity index (χ0v) is 11.6. The number of nitrogens with one attached hydrogen (secondary N) is 1. The van der Waals surface area contributed by atoms with E-state index in [0.717, 1.165) is 30.2 Å². The number of rotatable bonds is 6. The molecule has 0 aromatic heterocycles. The van der Waals surface area contributed by atoms with Crippen molar-refractivity contribution < 1.29 is 14.6 Å². The van der Waals surface area contributed by atoms with Crippen molar-refractivity contribution in [3.63, 3.8) is 0 Å². The van der Waals surface area contributed by atoms with Gasteiger partial charge in [0.25, 0.3) is 0 Å². The lowest BCUT2D eigenvalue weighted by Crippen LogP contribution is -2.31. The van der Waals surface area contributed by atoms with Crippen molar-refractivity contribution in [3.8, 4) is 11.5 Å². The Morgan fingerprint density at radius 1 is 1.32 bits per heavy atom. The lowest BCUT2D eigenvalue weighted by molar-refractivity contribution is 0.169. The fourth-order valence-electron chi connectivity index (χ4n) is 2.09. The van der Waals surface area contributed by atoms with Gasteiger partial charge >= 0.3 is 0 Å². The monoisotopic (exact) mass is 266 g/mol. The van der Waals surface area contributed by atoms with Crippen molar-refractivity contribution in [1.82, 2.24) is 5.32 Å². The summed E-state index contributed by atoms with van der Waals surface area (Å²) in [4.78, 5) is 2.03. The Balaban J connectivity index is 1.97. The van der Waals surface area contributed by atoms with Gasteiger partial charge in [-0.15, -0.1) is 0 Å². The second-order valence-electron chi connectivity index (χ2n) is 4.75. The van der Waals surface area contributed by atoms with Crippen LogP contribution in [0.1, 0.15) is 6.42 Å². The van der Waals surface area contributed by atoms with Crippen LogP contribution < -0.4 is 19.7 Å². The zero-order valence-electron chi connectivity index (χ0n) is 11.6. The van der Waals surface area contributed by atoms with Gasteiger partial charge in [-0.25, -0.2) is 0 Å². The van der Waals surface area contributed by atoms with Crippen LogP contribution in [0.3, 0.4) is 0 Å². The van der Waals surface area contributed by atoms with E-state index in [2.05, 4.69) is 5.32 Å². The van der Waals surface area contributed by atoms with E-state index in [1.54, 1.807) is 0 Å². The maximum absolute atomic E-state index is 9.91. The Labute approximate surface area is 114 Å². The fourth-order valence-corrected chi connectivity index (χ4v) is 2.09. The molecule has 2 rings (SSSR count). The first-order valence-electron chi connectivity index (χ1n) is 6.64. The van der Waals surface area contributed by atoms with E-state index in [1.807, 2.05) is 37.2 Å². The van der Waals surface area contributed by atoms with Crippen LogP contribution in [0.5, 0.6) is 11.5 Å². The Morgan fingerprint density at radius 2 is 2.05 bits per heavy atom. The quantitative estimate of drug-likeness (QED) is 0.800. The zero-order chi connectivity index (χ0) is 13.7. The molecular formula is C14H22N2O3. The second kappa shape index (κ2) is 6.63. The first-order chi connectivity index (χ1) is 9.20. The minimum Gasteiger partial charge on any atom is -0.486 e. The third-order valence-corrected chi connectivity index (χ3v) is 3.18. The molecule has 2 N–H and O–H groups in total. The van der Waals surface area contributed by atoms with Crippen LogP contribution in [0.25, 0.3) is 0 Å². The molecule has 0 aliphatic carbocycles. The van der Waals surface area contributed by atoms with Crippen LogP contribution in [0, 0.1) is 0 Å². The molecule has 0 amide bonds. The van der Waals surface area contributed by atoms with Crippen molar-refractivity contribution in [2.45, 2.75) is 12.5 Å². The lowest BCUT2D eigenvalue weighted by Gasteiger charge is -2.25.